The van der Waals surface area contributed by atoms with Crippen LogP contribution in [0, 0.1) is 11.6 Å². The Hall–Kier alpha value is -2.28. The van der Waals surface area contributed by atoms with Gasteiger partial charge in [0.15, 0.2) is 0 Å². The smallest absolute Gasteiger partial charge is 0.251 e. The molecule has 0 bridgehead atoms. The molecule has 0 fully saturated rings. The fraction of sp³-hybridized carbons (Fsp3) is 0.0667. The zero-order valence-corrected chi connectivity index (χ0v) is 12.8. The number of carbonyl (C=O) groups is 2. The predicted octanol–water partition coefficient (Wildman–Crippen LogP) is 3.10. The summed E-state index contributed by atoms with van der Waals surface area (Å²) in [6, 6.07) is 9.77. The van der Waals surface area contributed by atoms with Gasteiger partial charge in [-0.1, -0.05) is 22.0 Å². The molecule has 7 heteroatoms. The number of halogens is 3. The Morgan fingerprint density at radius 1 is 1.00 bits per heavy atom. The first kappa shape index (κ1) is 16.1. The van der Waals surface area contributed by atoms with Crippen LogP contribution in [0.4, 0.5) is 14.5 Å². The van der Waals surface area contributed by atoms with Gasteiger partial charge in [-0.3, -0.25) is 9.59 Å². The largest absolute Gasteiger partial charge is 0.343 e. The fourth-order valence-electron chi connectivity index (χ4n) is 1.66. The predicted molar refractivity (Wildman–Crippen MR) is 81.5 cm³/mol. The molecule has 0 atom stereocenters. The van der Waals surface area contributed by atoms with Gasteiger partial charge in [-0.25, -0.2) is 8.78 Å². The first-order valence-corrected chi connectivity index (χ1v) is 7.04. The van der Waals surface area contributed by atoms with Crippen molar-refractivity contribution in [1.29, 1.82) is 0 Å². The van der Waals surface area contributed by atoms with Crippen LogP contribution < -0.4 is 10.6 Å². The summed E-state index contributed by atoms with van der Waals surface area (Å²) >= 11 is 3.24. The summed E-state index contributed by atoms with van der Waals surface area (Å²) in [5, 5.41) is 4.45. The first-order chi connectivity index (χ1) is 10.5. The summed E-state index contributed by atoms with van der Waals surface area (Å²) in [5.41, 5.74) is -0.168. The Balaban J connectivity index is 1.93. The Kier molecular flexibility index (Phi) is 5.21. The molecule has 2 amide bonds. The molecule has 0 unspecified atom stereocenters. The molecule has 0 aliphatic rings. The van der Waals surface area contributed by atoms with Gasteiger partial charge >= 0.3 is 0 Å². The highest BCUT2D eigenvalue weighted by Gasteiger charge is 2.13. The van der Waals surface area contributed by atoms with Crippen molar-refractivity contribution < 1.29 is 18.4 Å². The molecule has 0 saturated carbocycles. The van der Waals surface area contributed by atoms with Crippen LogP contribution in [-0.2, 0) is 4.79 Å². The highest BCUT2D eigenvalue weighted by molar-refractivity contribution is 9.10. The van der Waals surface area contributed by atoms with Crippen molar-refractivity contribution in [3.8, 4) is 0 Å². The number of para-hydroxylation sites is 1. The molecule has 2 aromatic rings. The van der Waals surface area contributed by atoms with E-state index < -0.39 is 35.7 Å². The fourth-order valence-corrected chi connectivity index (χ4v) is 1.93. The number of carbonyl (C=O) groups excluding carboxylic acids is 2. The first-order valence-electron chi connectivity index (χ1n) is 6.25. The molecule has 0 aliphatic carbocycles. The standard InChI is InChI=1S/C15H11BrF2N2O2/c16-10-6-4-9(5-7-10)15(22)19-8-13(21)20-14-11(17)2-1-3-12(14)18/h1-7H,8H2,(H,19,22)(H,20,21). The lowest BCUT2D eigenvalue weighted by Gasteiger charge is -2.08. The molecule has 4 nitrogen and oxygen atoms in total. The van der Waals surface area contributed by atoms with Crippen molar-refractivity contribution >= 4 is 33.4 Å². The van der Waals surface area contributed by atoms with Gasteiger partial charge in [-0.2, -0.15) is 0 Å². The minimum Gasteiger partial charge on any atom is -0.343 e. The Labute approximate surface area is 133 Å². The van der Waals surface area contributed by atoms with E-state index in [0.29, 0.717) is 5.56 Å². The van der Waals surface area contributed by atoms with E-state index in [-0.39, 0.29) is 0 Å². The Morgan fingerprint density at radius 2 is 1.59 bits per heavy atom. The minimum absolute atomic E-state index is 0.369. The summed E-state index contributed by atoms with van der Waals surface area (Å²) in [7, 11) is 0. The maximum Gasteiger partial charge on any atom is 0.251 e. The van der Waals surface area contributed by atoms with Crippen LogP contribution in [-0.4, -0.2) is 18.4 Å². The van der Waals surface area contributed by atoms with Crippen LogP contribution in [0.1, 0.15) is 10.4 Å². The molecule has 22 heavy (non-hydrogen) atoms. The Morgan fingerprint density at radius 3 is 2.18 bits per heavy atom. The molecule has 0 aromatic heterocycles. The van der Waals surface area contributed by atoms with E-state index in [1.165, 1.54) is 6.07 Å². The van der Waals surface area contributed by atoms with Crippen molar-refractivity contribution in [2.45, 2.75) is 0 Å². The van der Waals surface area contributed by atoms with Crippen molar-refractivity contribution in [3.63, 3.8) is 0 Å². The summed E-state index contributed by atoms with van der Waals surface area (Å²) in [6.45, 7) is -0.400. The summed E-state index contributed by atoms with van der Waals surface area (Å²) in [6.07, 6.45) is 0. The molecular weight excluding hydrogens is 358 g/mol. The van der Waals surface area contributed by atoms with Gasteiger partial charge < -0.3 is 10.6 Å². The average molecular weight is 369 g/mol. The van der Waals surface area contributed by atoms with E-state index in [9.17, 15) is 18.4 Å². The molecule has 2 N–H and O–H groups in total. The number of rotatable bonds is 4. The normalized spacial score (nSPS) is 10.1. The second-order valence-corrected chi connectivity index (χ2v) is 5.25. The van der Waals surface area contributed by atoms with E-state index >= 15 is 0 Å². The van der Waals surface area contributed by atoms with E-state index in [4.69, 9.17) is 0 Å². The van der Waals surface area contributed by atoms with Gasteiger partial charge in [0.05, 0.1) is 6.54 Å². The molecule has 0 radical (unpaired) electrons. The third-order valence-corrected chi connectivity index (χ3v) is 3.27. The van der Waals surface area contributed by atoms with Crippen molar-refractivity contribution in [3.05, 3.63) is 64.1 Å². The summed E-state index contributed by atoms with van der Waals surface area (Å²) in [4.78, 5) is 23.4. The lowest BCUT2D eigenvalue weighted by atomic mass is 10.2. The van der Waals surface area contributed by atoms with E-state index in [2.05, 4.69) is 26.6 Å². The van der Waals surface area contributed by atoms with Gasteiger partial charge in [-0.05, 0) is 36.4 Å². The number of amides is 2. The molecule has 0 aliphatic heterocycles. The third kappa shape index (κ3) is 4.11. The highest BCUT2D eigenvalue weighted by atomic mass is 79.9. The SMILES string of the molecule is O=C(CNC(=O)c1ccc(Br)cc1)Nc1c(F)cccc1F. The van der Waals surface area contributed by atoms with Crippen LogP contribution in [0.25, 0.3) is 0 Å². The van der Waals surface area contributed by atoms with Crippen LogP contribution in [0.15, 0.2) is 46.9 Å². The monoisotopic (exact) mass is 368 g/mol. The number of benzene rings is 2. The number of hydrogen-bond acceptors (Lipinski definition) is 2. The zero-order chi connectivity index (χ0) is 16.1. The molecule has 114 valence electrons. The van der Waals surface area contributed by atoms with E-state index in [1.54, 1.807) is 24.3 Å². The lowest BCUT2D eigenvalue weighted by molar-refractivity contribution is -0.115. The number of hydrogen-bond donors (Lipinski definition) is 2. The van der Waals surface area contributed by atoms with Crippen LogP contribution in [0.5, 0.6) is 0 Å². The van der Waals surface area contributed by atoms with Crippen LogP contribution in [0.3, 0.4) is 0 Å². The maximum absolute atomic E-state index is 13.4. The lowest BCUT2D eigenvalue weighted by Crippen LogP contribution is -2.33. The maximum atomic E-state index is 13.4. The summed E-state index contributed by atoms with van der Waals surface area (Å²) in [5.74, 6) is -2.95. The Bertz CT molecular complexity index is 685. The topological polar surface area (TPSA) is 58.2 Å². The van der Waals surface area contributed by atoms with Gasteiger partial charge in [0, 0.05) is 10.0 Å². The average Bonchev–Trinajstić information content (AvgIpc) is 2.49. The van der Waals surface area contributed by atoms with Gasteiger partial charge in [-0.15, -0.1) is 0 Å². The highest BCUT2D eigenvalue weighted by Crippen LogP contribution is 2.17. The van der Waals surface area contributed by atoms with Crippen molar-refractivity contribution in [1.82, 2.24) is 5.32 Å². The van der Waals surface area contributed by atoms with E-state index in [1.807, 2.05) is 0 Å². The number of anilines is 1. The second kappa shape index (κ2) is 7.13. The van der Waals surface area contributed by atoms with Crippen molar-refractivity contribution in [2.75, 3.05) is 11.9 Å². The quantitative estimate of drug-likeness (QED) is 0.870. The van der Waals surface area contributed by atoms with Gasteiger partial charge in [0.2, 0.25) is 5.91 Å². The van der Waals surface area contributed by atoms with Gasteiger partial charge in [0.25, 0.3) is 5.91 Å². The minimum atomic E-state index is -0.882. The molecule has 0 spiro atoms. The molecule has 0 saturated heterocycles. The number of nitrogens with one attached hydrogen (secondary N) is 2. The molecule has 2 aromatic carbocycles. The zero-order valence-electron chi connectivity index (χ0n) is 11.2. The summed E-state index contributed by atoms with van der Waals surface area (Å²) < 4.78 is 27.5. The van der Waals surface area contributed by atoms with Gasteiger partial charge in [0.1, 0.15) is 17.3 Å². The second-order valence-electron chi connectivity index (χ2n) is 4.33. The van der Waals surface area contributed by atoms with Crippen LogP contribution >= 0.6 is 15.9 Å². The van der Waals surface area contributed by atoms with Crippen molar-refractivity contribution in [2.24, 2.45) is 0 Å². The third-order valence-electron chi connectivity index (χ3n) is 2.74. The molecular formula is C15H11BrF2N2O2. The van der Waals surface area contributed by atoms with E-state index in [0.717, 1.165) is 16.6 Å². The van der Waals surface area contributed by atoms with Crippen LogP contribution in [0.2, 0.25) is 0 Å². The molecule has 0 heterocycles. The molecule has 2 rings (SSSR count).